The average Bonchev–Trinajstić information content (AvgIpc) is 2.74. The molecule has 1 fully saturated rings. The van der Waals surface area contributed by atoms with Crippen molar-refractivity contribution in [2.24, 2.45) is 0 Å². The smallest absolute Gasteiger partial charge is 0.258 e. The molecule has 0 saturated heterocycles. The minimum atomic E-state index is -3.43. The first-order valence-electron chi connectivity index (χ1n) is 6.25. The Balaban J connectivity index is 2.02. The van der Waals surface area contributed by atoms with Crippen molar-refractivity contribution in [1.82, 2.24) is 4.72 Å². The van der Waals surface area contributed by atoms with Gasteiger partial charge in [0, 0.05) is 23.0 Å². The Kier molecular flexibility index (Phi) is 4.77. The number of hydrogen-bond acceptors (Lipinski definition) is 4. The molecule has 1 aliphatic rings. The van der Waals surface area contributed by atoms with Crippen LogP contribution < -0.4 is 4.72 Å². The van der Waals surface area contributed by atoms with Crippen LogP contribution in [-0.4, -0.2) is 24.2 Å². The van der Waals surface area contributed by atoms with Crippen LogP contribution in [0.5, 0.6) is 0 Å². The quantitative estimate of drug-likeness (QED) is 0.494. The van der Waals surface area contributed by atoms with Crippen LogP contribution in [0, 0.1) is 10.1 Å². The highest BCUT2D eigenvalue weighted by Gasteiger charge is 2.28. The molecule has 1 aromatic rings. The maximum Gasteiger partial charge on any atom is 0.269 e. The Morgan fingerprint density at radius 2 is 1.95 bits per heavy atom. The molecule has 110 valence electrons. The van der Waals surface area contributed by atoms with E-state index in [1.807, 2.05) is 0 Å². The summed E-state index contributed by atoms with van der Waals surface area (Å²) in [5.74, 6) is -0.165. The van der Waals surface area contributed by atoms with Gasteiger partial charge in [0.25, 0.3) is 5.69 Å². The fourth-order valence-electron chi connectivity index (χ4n) is 2.25. The summed E-state index contributed by atoms with van der Waals surface area (Å²) in [4.78, 5) is 10.2. The summed E-state index contributed by atoms with van der Waals surface area (Å²) in [6, 6.07) is 5.49. The minimum absolute atomic E-state index is 0.0459. The fourth-order valence-corrected chi connectivity index (χ4v) is 4.61. The Bertz CT molecular complexity index is 588. The zero-order valence-electron chi connectivity index (χ0n) is 10.7. The van der Waals surface area contributed by atoms with Crippen molar-refractivity contribution in [2.45, 2.75) is 35.9 Å². The van der Waals surface area contributed by atoms with E-state index in [0.29, 0.717) is 5.56 Å². The molecular weight excluding hydrogens is 348 g/mol. The molecule has 1 aliphatic carbocycles. The molecule has 0 aliphatic heterocycles. The number of nitro benzene ring substituents is 1. The van der Waals surface area contributed by atoms with E-state index in [1.54, 1.807) is 0 Å². The maximum atomic E-state index is 12.1. The van der Waals surface area contributed by atoms with E-state index in [-0.39, 0.29) is 22.3 Å². The molecule has 20 heavy (non-hydrogen) atoms. The van der Waals surface area contributed by atoms with Crippen LogP contribution in [0.25, 0.3) is 0 Å². The molecule has 0 amide bonds. The molecule has 0 bridgehead atoms. The SMILES string of the molecule is O=[N+]([O-])c1ccc(CS(=O)(=O)NC2CCCC2Br)cc1. The van der Waals surface area contributed by atoms with Crippen LogP contribution >= 0.6 is 15.9 Å². The third kappa shape index (κ3) is 4.00. The van der Waals surface area contributed by atoms with E-state index < -0.39 is 14.9 Å². The van der Waals surface area contributed by atoms with Gasteiger partial charge in [-0.05, 0) is 18.4 Å². The Hall–Kier alpha value is -0.990. The van der Waals surface area contributed by atoms with Crippen LogP contribution in [-0.2, 0) is 15.8 Å². The largest absolute Gasteiger partial charge is 0.269 e. The summed E-state index contributed by atoms with van der Waals surface area (Å²) in [6.45, 7) is 0. The van der Waals surface area contributed by atoms with Crippen LogP contribution in [0.4, 0.5) is 5.69 Å². The minimum Gasteiger partial charge on any atom is -0.258 e. The number of nitro groups is 1. The number of non-ortho nitro benzene ring substituents is 1. The lowest BCUT2D eigenvalue weighted by Gasteiger charge is -2.16. The van der Waals surface area contributed by atoms with Gasteiger partial charge < -0.3 is 0 Å². The summed E-state index contributed by atoms with van der Waals surface area (Å²) >= 11 is 3.47. The zero-order chi connectivity index (χ0) is 14.8. The molecule has 1 N–H and O–H groups in total. The lowest BCUT2D eigenvalue weighted by molar-refractivity contribution is -0.384. The third-order valence-corrected chi connectivity index (χ3v) is 5.74. The highest BCUT2D eigenvalue weighted by Crippen LogP contribution is 2.26. The lowest BCUT2D eigenvalue weighted by atomic mass is 10.2. The predicted molar refractivity (Wildman–Crippen MR) is 79.2 cm³/mol. The number of nitrogens with zero attached hydrogens (tertiary/aromatic N) is 1. The van der Waals surface area contributed by atoms with Crippen LogP contribution in [0.2, 0.25) is 0 Å². The van der Waals surface area contributed by atoms with Gasteiger partial charge >= 0.3 is 0 Å². The Labute approximate surface area is 125 Å². The fraction of sp³-hybridized carbons (Fsp3) is 0.500. The summed E-state index contributed by atoms with van der Waals surface area (Å²) in [5.41, 5.74) is 0.489. The van der Waals surface area contributed by atoms with Crippen molar-refractivity contribution in [3.63, 3.8) is 0 Å². The number of benzene rings is 1. The van der Waals surface area contributed by atoms with Crippen LogP contribution in [0.1, 0.15) is 24.8 Å². The van der Waals surface area contributed by atoms with Gasteiger partial charge in [-0.1, -0.05) is 34.5 Å². The zero-order valence-corrected chi connectivity index (χ0v) is 13.1. The lowest BCUT2D eigenvalue weighted by Crippen LogP contribution is -2.38. The predicted octanol–water partition coefficient (Wildman–Crippen LogP) is 2.33. The van der Waals surface area contributed by atoms with Gasteiger partial charge in [-0.3, -0.25) is 10.1 Å². The standard InChI is InChI=1S/C12H15BrN2O4S/c13-11-2-1-3-12(11)14-20(18,19)8-9-4-6-10(7-5-9)15(16)17/h4-7,11-12,14H,1-3,8H2. The van der Waals surface area contributed by atoms with Gasteiger partial charge in [-0.15, -0.1) is 0 Å². The monoisotopic (exact) mass is 362 g/mol. The highest BCUT2D eigenvalue weighted by molar-refractivity contribution is 9.09. The van der Waals surface area contributed by atoms with Crippen molar-refractivity contribution >= 4 is 31.6 Å². The Morgan fingerprint density at radius 3 is 2.45 bits per heavy atom. The van der Waals surface area contributed by atoms with Crippen molar-refractivity contribution in [3.8, 4) is 0 Å². The first kappa shape index (κ1) is 15.4. The van der Waals surface area contributed by atoms with Gasteiger partial charge in [-0.25, -0.2) is 13.1 Å². The van der Waals surface area contributed by atoms with Crippen molar-refractivity contribution in [3.05, 3.63) is 39.9 Å². The van der Waals surface area contributed by atoms with Gasteiger partial charge in [-0.2, -0.15) is 0 Å². The molecule has 2 atom stereocenters. The van der Waals surface area contributed by atoms with Crippen molar-refractivity contribution in [1.29, 1.82) is 0 Å². The number of sulfonamides is 1. The molecule has 0 heterocycles. The highest BCUT2D eigenvalue weighted by atomic mass is 79.9. The van der Waals surface area contributed by atoms with Gasteiger partial charge in [0.15, 0.2) is 0 Å². The topological polar surface area (TPSA) is 89.3 Å². The number of halogens is 1. The molecule has 0 radical (unpaired) electrons. The van der Waals surface area contributed by atoms with Crippen molar-refractivity contribution in [2.75, 3.05) is 0 Å². The van der Waals surface area contributed by atoms with Crippen LogP contribution in [0.15, 0.2) is 24.3 Å². The molecule has 6 nitrogen and oxygen atoms in total. The molecular formula is C12H15BrN2O4S. The summed E-state index contributed by atoms with van der Waals surface area (Å²) < 4.78 is 26.8. The molecule has 1 aromatic carbocycles. The molecule has 0 aromatic heterocycles. The van der Waals surface area contributed by atoms with Gasteiger partial charge in [0.1, 0.15) is 0 Å². The second kappa shape index (κ2) is 6.19. The number of rotatable bonds is 5. The molecule has 0 spiro atoms. The number of alkyl halides is 1. The van der Waals surface area contributed by atoms with Gasteiger partial charge in [0.05, 0.1) is 10.7 Å². The van der Waals surface area contributed by atoms with Crippen LogP contribution in [0.3, 0.4) is 0 Å². The summed E-state index contributed by atoms with van der Waals surface area (Å²) in [5, 5.41) is 10.5. The van der Waals surface area contributed by atoms with E-state index in [0.717, 1.165) is 19.3 Å². The first-order valence-corrected chi connectivity index (χ1v) is 8.81. The molecule has 1 saturated carbocycles. The third-order valence-electron chi connectivity index (χ3n) is 3.27. The molecule has 8 heteroatoms. The average molecular weight is 363 g/mol. The van der Waals surface area contributed by atoms with E-state index in [1.165, 1.54) is 24.3 Å². The first-order chi connectivity index (χ1) is 9.37. The van der Waals surface area contributed by atoms with E-state index >= 15 is 0 Å². The van der Waals surface area contributed by atoms with E-state index in [4.69, 9.17) is 0 Å². The van der Waals surface area contributed by atoms with Crippen molar-refractivity contribution < 1.29 is 13.3 Å². The normalized spacial score (nSPS) is 22.9. The second-order valence-electron chi connectivity index (χ2n) is 4.85. The number of hydrogen-bond donors (Lipinski definition) is 1. The van der Waals surface area contributed by atoms with Gasteiger partial charge in [0.2, 0.25) is 10.0 Å². The number of nitrogens with one attached hydrogen (secondary N) is 1. The molecule has 2 unspecified atom stereocenters. The second-order valence-corrected chi connectivity index (χ2v) is 7.78. The van der Waals surface area contributed by atoms with E-state index in [2.05, 4.69) is 20.7 Å². The summed E-state index contributed by atoms with van der Waals surface area (Å²) in [7, 11) is -3.43. The summed E-state index contributed by atoms with van der Waals surface area (Å²) in [6.07, 6.45) is 2.79. The molecule has 2 rings (SSSR count). The maximum absolute atomic E-state index is 12.1. The van der Waals surface area contributed by atoms with E-state index in [9.17, 15) is 18.5 Å². The Morgan fingerprint density at radius 1 is 1.30 bits per heavy atom.